The van der Waals surface area contributed by atoms with Gasteiger partial charge in [0.25, 0.3) is 0 Å². The quantitative estimate of drug-likeness (QED) is 0.704. The van der Waals surface area contributed by atoms with Crippen LogP contribution in [-0.2, 0) is 4.79 Å². The first-order chi connectivity index (χ1) is 7.41. The number of hydrogen-bond donors (Lipinski definition) is 1. The second kappa shape index (κ2) is 5.28. The van der Waals surface area contributed by atoms with Crippen LogP contribution in [0.25, 0.3) is 0 Å². The van der Waals surface area contributed by atoms with E-state index in [2.05, 4.69) is 11.8 Å². The lowest BCUT2D eigenvalue weighted by Gasteiger charge is -2.34. The van der Waals surface area contributed by atoms with Gasteiger partial charge in [-0.2, -0.15) is 0 Å². The van der Waals surface area contributed by atoms with Crippen LogP contribution in [0.2, 0.25) is 0 Å². The van der Waals surface area contributed by atoms with E-state index in [4.69, 9.17) is 0 Å². The summed E-state index contributed by atoms with van der Waals surface area (Å²) in [6, 6.07) is 0. The summed E-state index contributed by atoms with van der Waals surface area (Å²) in [6.07, 6.45) is 5.50. The van der Waals surface area contributed by atoms with Gasteiger partial charge in [-0.1, -0.05) is 19.8 Å². The third kappa shape index (κ3) is 3.87. The van der Waals surface area contributed by atoms with Gasteiger partial charge in [-0.05, 0) is 33.2 Å². The van der Waals surface area contributed by atoms with Gasteiger partial charge in [-0.3, -0.25) is 4.90 Å². The molecule has 1 N–H and O–H groups in total. The summed E-state index contributed by atoms with van der Waals surface area (Å²) in [5.74, 6) is 0. The lowest BCUT2D eigenvalue weighted by Crippen LogP contribution is -2.44. The molecule has 0 aliphatic heterocycles. The Labute approximate surface area is 98.8 Å². The molecule has 0 radical (unpaired) electrons. The third-order valence-electron chi connectivity index (χ3n) is 3.45. The van der Waals surface area contributed by atoms with Crippen molar-refractivity contribution in [3.8, 4) is 0 Å². The van der Waals surface area contributed by atoms with Gasteiger partial charge in [0.05, 0.1) is 5.60 Å². The second-order valence-corrected chi connectivity index (χ2v) is 5.80. The average molecular weight is 227 g/mol. The fourth-order valence-electron chi connectivity index (χ4n) is 2.66. The van der Waals surface area contributed by atoms with Crippen molar-refractivity contribution in [3.05, 3.63) is 0 Å². The van der Waals surface area contributed by atoms with E-state index in [1.807, 2.05) is 13.8 Å². The van der Waals surface area contributed by atoms with Gasteiger partial charge in [-0.15, -0.1) is 0 Å². The molecule has 1 aliphatic carbocycles. The molecule has 0 aromatic heterocycles. The third-order valence-corrected chi connectivity index (χ3v) is 3.45. The predicted octanol–water partition coefficient (Wildman–Crippen LogP) is 1.84. The minimum absolute atomic E-state index is 0.138. The van der Waals surface area contributed by atoms with Gasteiger partial charge >= 0.3 is 0 Å². The molecule has 0 unspecified atom stereocenters. The number of hydrogen-bond acceptors (Lipinski definition) is 3. The Morgan fingerprint density at radius 3 is 2.31 bits per heavy atom. The zero-order valence-corrected chi connectivity index (χ0v) is 10.8. The molecule has 16 heavy (non-hydrogen) atoms. The van der Waals surface area contributed by atoms with Crippen LogP contribution in [0.5, 0.6) is 0 Å². The number of rotatable bonds is 6. The van der Waals surface area contributed by atoms with E-state index >= 15 is 0 Å². The van der Waals surface area contributed by atoms with Crippen LogP contribution in [0, 0.1) is 5.41 Å². The molecule has 0 bridgehead atoms. The summed E-state index contributed by atoms with van der Waals surface area (Å²) in [5.41, 5.74) is -0.819. The standard InChI is InChI=1S/C13H25NO2/c1-4-14(9-12(2,3)16)10-13(11-15)7-5-6-8-13/h11,16H,4-10H2,1-3H3. The minimum Gasteiger partial charge on any atom is -0.389 e. The summed E-state index contributed by atoms with van der Waals surface area (Å²) in [7, 11) is 0. The van der Waals surface area contributed by atoms with E-state index in [9.17, 15) is 9.90 Å². The van der Waals surface area contributed by atoms with E-state index in [1.165, 1.54) is 12.8 Å². The van der Waals surface area contributed by atoms with Crippen LogP contribution < -0.4 is 0 Å². The van der Waals surface area contributed by atoms with Crippen molar-refractivity contribution in [2.75, 3.05) is 19.6 Å². The monoisotopic (exact) mass is 227 g/mol. The Morgan fingerprint density at radius 1 is 1.38 bits per heavy atom. The normalized spacial score (nSPS) is 20.3. The van der Waals surface area contributed by atoms with Crippen molar-refractivity contribution < 1.29 is 9.90 Å². The number of aldehydes is 1. The molecule has 0 aromatic rings. The van der Waals surface area contributed by atoms with Crippen LogP contribution in [0.1, 0.15) is 46.5 Å². The van der Waals surface area contributed by atoms with E-state index in [1.54, 1.807) is 0 Å². The van der Waals surface area contributed by atoms with Gasteiger partial charge in [0.1, 0.15) is 6.29 Å². The highest BCUT2D eigenvalue weighted by molar-refractivity contribution is 5.60. The van der Waals surface area contributed by atoms with Crippen LogP contribution in [0.4, 0.5) is 0 Å². The molecule has 1 fully saturated rings. The van der Waals surface area contributed by atoms with E-state index < -0.39 is 5.60 Å². The predicted molar refractivity (Wildman–Crippen MR) is 65.4 cm³/mol. The zero-order chi connectivity index (χ0) is 12.2. The largest absolute Gasteiger partial charge is 0.389 e. The Balaban J connectivity index is 2.57. The van der Waals surface area contributed by atoms with Crippen LogP contribution >= 0.6 is 0 Å². The highest BCUT2D eigenvalue weighted by Crippen LogP contribution is 2.37. The Hall–Kier alpha value is -0.410. The van der Waals surface area contributed by atoms with Gasteiger partial charge in [0.15, 0.2) is 0 Å². The summed E-state index contributed by atoms with van der Waals surface area (Å²) < 4.78 is 0. The maximum absolute atomic E-state index is 11.3. The number of nitrogens with zero attached hydrogens (tertiary/aromatic N) is 1. The molecule has 0 heterocycles. The molecule has 1 aliphatic rings. The molecule has 0 amide bonds. The molecule has 3 nitrogen and oxygen atoms in total. The fourth-order valence-corrected chi connectivity index (χ4v) is 2.66. The van der Waals surface area contributed by atoms with Gasteiger partial charge in [0, 0.05) is 18.5 Å². The highest BCUT2D eigenvalue weighted by atomic mass is 16.3. The molecular formula is C13H25NO2. The lowest BCUT2D eigenvalue weighted by atomic mass is 9.87. The Kier molecular flexibility index (Phi) is 4.51. The topological polar surface area (TPSA) is 40.5 Å². The molecule has 0 saturated heterocycles. The van der Waals surface area contributed by atoms with Crippen LogP contribution in [-0.4, -0.2) is 41.5 Å². The Bertz CT molecular complexity index is 227. The van der Waals surface area contributed by atoms with Crippen molar-refractivity contribution in [2.45, 2.75) is 52.1 Å². The first-order valence-corrected chi connectivity index (χ1v) is 6.32. The number of likely N-dealkylation sites (N-methyl/N-ethyl adjacent to an activating group) is 1. The van der Waals surface area contributed by atoms with Crippen molar-refractivity contribution in [1.82, 2.24) is 4.90 Å². The SMILES string of the molecule is CCN(CC(C)(C)O)CC1(C=O)CCCC1. The Morgan fingerprint density at radius 2 is 1.94 bits per heavy atom. The fraction of sp³-hybridized carbons (Fsp3) is 0.923. The smallest absolute Gasteiger partial charge is 0.127 e. The van der Waals surface area contributed by atoms with Crippen molar-refractivity contribution >= 4 is 6.29 Å². The van der Waals surface area contributed by atoms with Gasteiger partial charge in [0.2, 0.25) is 0 Å². The minimum atomic E-state index is -0.682. The van der Waals surface area contributed by atoms with Crippen molar-refractivity contribution in [2.24, 2.45) is 5.41 Å². The maximum Gasteiger partial charge on any atom is 0.127 e. The molecule has 3 heteroatoms. The molecule has 94 valence electrons. The molecule has 0 spiro atoms. The van der Waals surface area contributed by atoms with Gasteiger partial charge in [-0.25, -0.2) is 0 Å². The molecule has 0 atom stereocenters. The molecule has 0 aromatic carbocycles. The number of carbonyl (C=O) groups is 1. The number of aliphatic hydroxyl groups is 1. The molecular weight excluding hydrogens is 202 g/mol. The summed E-state index contributed by atoms with van der Waals surface area (Å²) in [6.45, 7) is 8.05. The van der Waals surface area contributed by atoms with E-state index in [0.29, 0.717) is 6.54 Å². The lowest BCUT2D eigenvalue weighted by molar-refractivity contribution is -0.117. The number of carbonyl (C=O) groups excluding carboxylic acids is 1. The highest BCUT2D eigenvalue weighted by Gasteiger charge is 2.35. The zero-order valence-electron chi connectivity index (χ0n) is 10.8. The van der Waals surface area contributed by atoms with Crippen LogP contribution in [0.3, 0.4) is 0 Å². The van der Waals surface area contributed by atoms with Gasteiger partial charge < -0.3 is 9.90 Å². The van der Waals surface area contributed by atoms with Crippen molar-refractivity contribution in [1.29, 1.82) is 0 Å². The second-order valence-electron chi connectivity index (χ2n) is 5.80. The van der Waals surface area contributed by atoms with Crippen LogP contribution in [0.15, 0.2) is 0 Å². The summed E-state index contributed by atoms with van der Waals surface area (Å²) in [5, 5.41) is 9.82. The summed E-state index contributed by atoms with van der Waals surface area (Å²) in [4.78, 5) is 13.5. The van der Waals surface area contributed by atoms with E-state index in [0.717, 1.165) is 32.2 Å². The van der Waals surface area contributed by atoms with Crippen molar-refractivity contribution in [3.63, 3.8) is 0 Å². The first-order valence-electron chi connectivity index (χ1n) is 6.32. The maximum atomic E-state index is 11.3. The van der Waals surface area contributed by atoms with E-state index in [-0.39, 0.29) is 5.41 Å². The summed E-state index contributed by atoms with van der Waals surface area (Å²) >= 11 is 0. The molecule has 1 saturated carbocycles. The average Bonchev–Trinajstić information content (AvgIpc) is 2.64. The first kappa shape index (κ1) is 13.7. The molecule has 1 rings (SSSR count).